The maximum Gasteiger partial charge on any atom is 0.334 e. The fraction of sp³-hybridized carbons (Fsp3) is 0.200. The van der Waals surface area contributed by atoms with Gasteiger partial charge in [0.25, 0.3) is 5.56 Å². The van der Waals surface area contributed by atoms with Gasteiger partial charge in [-0.15, -0.1) is 0 Å². The molecule has 1 unspecified atom stereocenters. The summed E-state index contributed by atoms with van der Waals surface area (Å²) in [6, 6.07) is 15.9. The maximum absolute atomic E-state index is 13.2. The third kappa shape index (κ3) is 3.17. The first kappa shape index (κ1) is 17.2. The minimum absolute atomic E-state index is 0.178. The van der Waals surface area contributed by atoms with Gasteiger partial charge in [-0.3, -0.25) is 9.78 Å². The van der Waals surface area contributed by atoms with Crippen molar-refractivity contribution in [2.24, 2.45) is 0 Å². The minimum atomic E-state index is -0.544. The molecule has 3 aromatic rings. The van der Waals surface area contributed by atoms with Gasteiger partial charge >= 0.3 is 5.69 Å². The van der Waals surface area contributed by atoms with Crippen molar-refractivity contribution in [2.75, 3.05) is 12.0 Å². The van der Waals surface area contributed by atoms with Crippen LogP contribution >= 0.6 is 0 Å². The van der Waals surface area contributed by atoms with Crippen molar-refractivity contribution in [3.63, 3.8) is 0 Å². The Morgan fingerprint density at radius 1 is 1.07 bits per heavy atom. The van der Waals surface area contributed by atoms with E-state index in [1.54, 1.807) is 0 Å². The number of aromatic amines is 1. The quantitative estimate of drug-likeness (QED) is 0.651. The minimum Gasteiger partial charge on any atom is -0.324 e. The molecule has 1 aromatic heterocycles. The highest BCUT2D eigenvalue weighted by Crippen LogP contribution is 2.18. The van der Waals surface area contributed by atoms with E-state index in [0.29, 0.717) is 30.3 Å². The molecule has 7 heteroatoms. The van der Waals surface area contributed by atoms with Crippen LogP contribution in [0.1, 0.15) is 24.1 Å². The Morgan fingerprint density at radius 3 is 2.48 bits per heavy atom. The Kier molecular flexibility index (Phi) is 4.37. The second-order valence-electron chi connectivity index (χ2n) is 6.72. The number of rotatable bonds is 3. The Hall–Kier alpha value is -3.19. The van der Waals surface area contributed by atoms with E-state index in [2.05, 4.69) is 29.4 Å². The van der Waals surface area contributed by atoms with Gasteiger partial charge < -0.3 is 10.2 Å². The first-order valence-corrected chi connectivity index (χ1v) is 8.82. The fourth-order valence-corrected chi connectivity index (χ4v) is 3.53. The SMILES string of the molecule is C[C@@H](c1ccccc1)[NH+]1CNc2c(c(=O)[nH]c(=O)n2-c2ccc(F)cc2)C1. The fourth-order valence-electron chi connectivity index (χ4n) is 3.53. The van der Waals surface area contributed by atoms with Crippen molar-refractivity contribution in [1.29, 1.82) is 0 Å². The first-order chi connectivity index (χ1) is 13.0. The van der Waals surface area contributed by atoms with Gasteiger partial charge in [0.05, 0.1) is 5.69 Å². The average Bonchev–Trinajstić information content (AvgIpc) is 2.69. The molecule has 0 fully saturated rings. The molecule has 2 atom stereocenters. The van der Waals surface area contributed by atoms with Gasteiger partial charge in [0.1, 0.15) is 29.8 Å². The number of aromatic nitrogens is 2. The van der Waals surface area contributed by atoms with Crippen LogP contribution in [0, 0.1) is 5.82 Å². The standard InChI is InChI=1S/C20H19FN4O2/c1-13(14-5-3-2-4-6-14)24-11-17-18(22-12-24)25(20(27)23-19(17)26)16-9-7-15(21)8-10-16/h2-10,13,22H,11-12H2,1H3,(H,23,26,27)/p+1/t13-/m0/s1. The van der Waals surface area contributed by atoms with Crippen molar-refractivity contribution in [3.05, 3.63) is 92.4 Å². The third-order valence-corrected chi connectivity index (χ3v) is 5.09. The van der Waals surface area contributed by atoms with Crippen molar-refractivity contribution >= 4 is 5.82 Å². The summed E-state index contributed by atoms with van der Waals surface area (Å²) in [6.45, 7) is 3.16. The van der Waals surface area contributed by atoms with E-state index in [4.69, 9.17) is 0 Å². The highest BCUT2D eigenvalue weighted by atomic mass is 19.1. The molecular weight excluding hydrogens is 347 g/mol. The molecule has 27 heavy (non-hydrogen) atoms. The molecule has 0 spiro atoms. The molecule has 0 saturated carbocycles. The molecule has 4 rings (SSSR count). The second kappa shape index (κ2) is 6.85. The lowest BCUT2D eigenvalue weighted by molar-refractivity contribution is -0.941. The number of hydrogen-bond donors (Lipinski definition) is 3. The monoisotopic (exact) mass is 367 g/mol. The molecule has 0 amide bonds. The van der Waals surface area contributed by atoms with Gasteiger partial charge in [0.2, 0.25) is 0 Å². The predicted octanol–water partition coefficient (Wildman–Crippen LogP) is 1.19. The summed E-state index contributed by atoms with van der Waals surface area (Å²) < 4.78 is 14.6. The van der Waals surface area contributed by atoms with Crippen LogP contribution in [0.3, 0.4) is 0 Å². The van der Waals surface area contributed by atoms with Crippen LogP contribution in [0.15, 0.2) is 64.2 Å². The normalized spacial score (nSPS) is 17.0. The number of fused-ring (bicyclic) bond motifs is 1. The average molecular weight is 367 g/mol. The summed E-state index contributed by atoms with van der Waals surface area (Å²) in [4.78, 5) is 28.4. The molecule has 6 nitrogen and oxygen atoms in total. The van der Waals surface area contributed by atoms with Crippen LogP contribution in [0.25, 0.3) is 5.69 Å². The van der Waals surface area contributed by atoms with E-state index in [-0.39, 0.29) is 11.9 Å². The summed E-state index contributed by atoms with van der Waals surface area (Å²) in [6.07, 6.45) is 0. The number of anilines is 1. The molecule has 0 aliphatic carbocycles. The number of nitrogens with one attached hydrogen (secondary N) is 3. The number of hydrogen-bond acceptors (Lipinski definition) is 3. The Balaban J connectivity index is 1.74. The van der Waals surface area contributed by atoms with Crippen molar-refractivity contribution in [3.8, 4) is 5.69 Å². The Labute approximate surface area is 154 Å². The molecule has 0 radical (unpaired) electrons. The molecule has 1 aliphatic rings. The predicted molar refractivity (Wildman–Crippen MR) is 101 cm³/mol. The molecular formula is C20H20FN4O2+. The molecule has 2 heterocycles. The van der Waals surface area contributed by atoms with Crippen molar-refractivity contribution in [2.45, 2.75) is 19.5 Å². The highest BCUT2D eigenvalue weighted by molar-refractivity contribution is 5.50. The molecule has 1 aliphatic heterocycles. The van der Waals surface area contributed by atoms with Crippen LogP contribution in [0.2, 0.25) is 0 Å². The van der Waals surface area contributed by atoms with E-state index in [9.17, 15) is 14.0 Å². The largest absolute Gasteiger partial charge is 0.334 e. The highest BCUT2D eigenvalue weighted by Gasteiger charge is 2.29. The van der Waals surface area contributed by atoms with Gasteiger partial charge in [0.15, 0.2) is 6.67 Å². The number of halogens is 1. The molecule has 0 saturated heterocycles. The summed E-state index contributed by atoms with van der Waals surface area (Å²) in [5.74, 6) is 0.0877. The molecule has 2 aromatic carbocycles. The van der Waals surface area contributed by atoms with Gasteiger partial charge in [0, 0.05) is 5.56 Å². The van der Waals surface area contributed by atoms with Gasteiger partial charge in [-0.1, -0.05) is 30.3 Å². The molecule has 3 N–H and O–H groups in total. The van der Waals surface area contributed by atoms with Gasteiger partial charge in [-0.05, 0) is 31.2 Å². The lowest BCUT2D eigenvalue weighted by Gasteiger charge is -2.32. The van der Waals surface area contributed by atoms with Gasteiger partial charge in [-0.2, -0.15) is 0 Å². The van der Waals surface area contributed by atoms with E-state index in [0.717, 1.165) is 0 Å². The zero-order valence-corrected chi connectivity index (χ0v) is 14.8. The number of benzene rings is 2. The molecule has 138 valence electrons. The van der Waals surface area contributed by atoms with E-state index < -0.39 is 11.2 Å². The summed E-state index contributed by atoms with van der Waals surface area (Å²) >= 11 is 0. The Bertz CT molecular complexity index is 1070. The Morgan fingerprint density at radius 2 is 1.78 bits per heavy atom. The lowest BCUT2D eigenvalue weighted by Crippen LogP contribution is -3.12. The van der Waals surface area contributed by atoms with E-state index >= 15 is 0 Å². The lowest BCUT2D eigenvalue weighted by atomic mass is 10.1. The zero-order chi connectivity index (χ0) is 19.0. The summed E-state index contributed by atoms with van der Waals surface area (Å²) in [7, 11) is 0. The first-order valence-electron chi connectivity index (χ1n) is 8.82. The number of nitrogens with zero attached hydrogens (tertiary/aromatic N) is 1. The number of H-pyrrole nitrogens is 1. The maximum atomic E-state index is 13.2. The van der Waals surface area contributed by atoms with Crippen LogP contribution in [0.5, 0.6) is 0 Å². The zero-order valence-electron chi connectivity index (χ0n) is 14.8. The van der Waals surface area contributed by atoms with Crippen molar-refractivity contribution < 1.29 is 9.29 Å². The topological polar surface area (TPSA) is 71.3 Å². The van der Waals surface area contributed by atoms with Crippen LogP contribution < -0.4 is 21.5 Å². The third-order valence-electron chi connectivity index (χ3n) is 5.09. The number of quaternary nitrogens is 1. The van der Waals surface area contributed by atoms with Gasteiger partial charge in [-0.25, -0.2) is 13.8 Å². The smallest absolute Gasteiger partial charge is 0.324 e. The van der Waals surface area contributed by atoms with Crippen molar-refractivity contribution in [1.82, 2.24) is 9.55 Å². The van der Waals surface area contributed by atoms with E-state index in [1.165, 1.54) is 39.3 Å². The second-order valence-corrected chi connectivity index (χ2v) is 6.72. The van der Waals surface area contributed by atoms with Crippen LogP contribution in [0.4, 0.5) is 10.2 Å². The van der Waals surface area contributed by atoms with E-state index in [1.807, 2.05) is 18.2 Å². The molecule has 0 bridgehead atoms. The van der Waals surface area contributed by atoms with Crippen LogP contribution in [-0.4, -0.2) is 16.2 Å². The summed E-state index contributed by atoms with van der Waals surface area (Å²) in [5.41, 5.74) is 1.26. The summed E-state index contributed by atoms with van der Waals surface area (Å²) in [5, 5.41) is 3.24. The van der Waals surface area contributed by atoms with Crippen LogP contribution in [-0.2, 0) is 6.54 Å².